The molecule has 184 valence electrons. The summed E-state index contributed by atoms with van der Waals surface area (Å²) >= 11 is 0. The number of anilines is 1. The highest BCUT2D eigenvalue weighted by molar-refractivity contribution is 6.31. The van der Waals surface area contributed by atoms with Gasteiger partial charge < -0.3 is 14.4 Å². The quantitative estimate of drug-likeness (QED) is 0.514. The lowest BCUT2D eigenvalue weighted by Crippen LogP contribution is -2.40. The average molecular weight is 478 g/mol. The van der Waals surface area contributed by atoms with Gasteiger partial charge in [0.25, 0.3) is 11.8 Å². The number of benzene rings is 2. The number of carbonyl (C=O) groups is 3. The largest absolute Gasteiger partial charge is 0.493 e. The Bertz CT molecular complexity index is 1170. The Kier molecular flexibility index (Phi) is 6.82. The SMILES string of the molecule is CCCOc1ccc(C=C2C(=O)NN(c3ccccc3)C2=O)c2c1CCN(C(=O)OC(C)(C)C)C2. The van der Waals surface area contributed by atoms with Crippen molar-refractivity contribution in [2.75, 3.05) is 18.2 Å². The number of nitrogens with zero attached hydrogens (tertiary/aromatic N) is 2. The first-order valence-electron chi connectivity index (χ1n) is 11.9. The molecule has 0 atom stereocenters. The van der Waals surface area contributed by atoms with Gasteiger partial charge in [0.05, 0.1) is 12.3 Å². The first-order valence-corrected chi connectivity index (χ1v) is 11.9. The Labute approximate surface area is 205 Å². The van der Waals surface area contributed by atoms with Crippen LogP contribution in [0.25, 0.3) is 6.08 Å². The molecule has 35 heavy (non-hydrogen) atoms. The van der Waals surface area contributed by atoms with Gasteiger partial charge in [0.15, 0.2) is 0 Å². The molecule has 0 unspecified atom stereocenters. The second-order valence-corrected chi connectivity index (χ2v) is 9.59. The summed E-state index contributed by atoms with van der Waals surface area (Å²) in [5, 5.41) is 1.24. The summed E-state index contributed by atoms with van der Waals surface area (Å²) in [6.07, 6.45) is 2.66. The Morgan fingerprint density at radius 3 is 2.51 bits per heavy atom. The average Bonchev–Trinajstić information content (AvgIpc) is 3.11. The van der Waals surface area contributed by atoms with Gasteiger partial charge in [-0.25, -0.2) is 9.80 Å². The fourth-order valence-corrected chi connectivity index (χ4v) is 4.10. The van der Waals surface area contributed by atoms with Crippen molar-refractivity contribution in [3.63, 3.8) is 0 Å². The predicted octanol–water partition coefficient (Wildman–Crippen LogP) is 4.23. The summed E-state index contributed by atoms with van der Waals surface area (Å²) in [4.78, 5) is 40.2. The molecule has 1 N–H and O–H groups in total. The van der Waals surface area contributed by atoms with E-state index in [-0.39, 0.29) is 5.57 Å². The topological polar surface area (TPSA) is 88.2 Å². The van der Waals surface area contributed by atoms with Crippen molar-refractivity contribution in [3.8, 4) is 5.75 Å². The number of rotatable bonds is 5. The third-order valence-electron chi connectivity index (χ3n) is 5.72. The molecule has 2 aromatic carbocycles. The number of hydrazine groups is 1. The van der Waals surface area contributed by atoms with E-state index in [0.717, 1.165) is 23.3 Å². The van der Waals surface area contributed by atoms with Crippen molar-refractivity contribution in [1.29, 1.82) is 0 Å². The summed E-state index contributed by atoms with van der Waals surface area (Å²) < 4.78 is 11.5. The van der Waals surface area contributed by atoms with Crippen LogP contribution in [0.1, 0.15) is 50.8 Å². The maximum Gasteiger partial charge on any atom is 0.410 e. The van der Waals surface area contributed by atoms with Gasteiger partial charge in [-0.15, -0.1) is 0 Å². The lowest BCUT2D eigenvalue weighted by Gasteiger charge is -2.32. The summed E-state index contributed by atoms with van der Waals surface area (Å²) in [6, 6.07) is 12.6. The minimum absolute atomic E-state index is 0.0349. The highest BCUT2D eigenvalue weighted by Crippen LogP contribution is 2.33. The Hall–Kier alpha value is -3.81. The molecule has 1 fully saturated rings. The van der Waals surface area contributed by atoms with Gasteiger partial charge in [-0.3, -0.25) is 15.0 Å². The maximum absolute atomic E-state index is 13.1. The van der Waals surface area contributed by atoms with E-state index < -0.39 is 23.5 Å². The van der Waals surface area contributed by atoms with Crippen molar-refractivity contribution in [2.45, 2.75) is 52.7 Å². The van der Waals surface area contributed by atoms with E-state index >= 15 is 0 Å². The van der Waals surface area contributed by atoms with Crippen molar-refractivity contribution >= 4 is 29.7 Å². The lowest BCUT2D eigenvalue weighted by atomic mass is 9.92. The molecular formula is C27H31N3O5. The second kappa shape index (κ2) is 9.82. The monoisotopic (exact) mass is 477 g/mol. The van der Waals surface area contributed by atoms with Gasteiger partial charge in [0, 0.05) is 18.7 Å². The third-order valence-corrected chi connectivity index (χ3v) is 5.72. The molecule has 0 bridgehead atoms. The number of nitrogens with one attached hydrogen (secondary N) is 1. The van der Waals surface area contributed by atoms with Crippen molar-refractivity contribution in [3.05, 3.63) is 64.7 Å². The van der Waals surface area contributed by atoms with Crippen LogP contribution in [0.15, 0.2) is 48.0 Å². The van der Waals surface area contributed by atoms with Crippen molar-refractivity contribution in [1.82, 2.24) is 10.3 Å². The number of ether oxygens (including phenoxy) is 2. The fourth-order valence-electron chi connectivity index (χ4n) is 4.10. The van der Waals surface area contributed by atoms with Gasteiger partial charge in [0.2, 0.25) is 0 Å². The van der Waals surface area contributed by atoms with E-state index in [4.69, 9.17) is 9.47 Å². The van der Waals surface area contributed by atoms with E-state index in [1.165, 1.54) is 5.01 Å². The summed E-state index contributed by atoms with van der Waals surface area (Å²) in [5.74, 6) is -0.138. The van der Waals surface area contributed by atoms with E-state index in [9.17, 15) is 14.4 Å². The van der Waals surface area contributed by atoms with Crippen LogP contribution in [0.5, 0.6) is 5.75 Å². The standard InChI is InChI=1S/C27H31N3O5/c1-5-15-34-23-12-11-18(22-17-29(14-13-20(22)23)26(33)35-27(2,3)4)16-21-24(31)28-30(25(21)32)19-9-7-6-8-10-19/h6-12,16H,5,13-15,17H2,1-4H3,(H,28,31). The number of amides is 3. The van der Waals surface area contributed by atoms with Crippen LogP contribution in [-0.4, -0.2) is 41.6 Å². The number of fused-ring (bicyclic) bond motifs is 1. The smallest absolute Gasteiger partial charge is 0.410 e. The predicted molar refractivity (Wildman–Crippen MR) is 133 cm³/mol. The molecule has 0 radical (unpaired) electrons. The molecule has 2 heterocycles. The Balaban J connectivity index is 1.69. The van der Waals surface area contributed by atoms with Crippen LogP contribution in [0.4, 0.5) is 10.5 Å². The molecular weight excluding hydrogens is 446 g/mol. The third kappa shape index (κ3) is 5.31. The minimum atomic E-state index is -0.608. The first-order chi connectivity index (χ1) is 16.7. The molecule has 2 aromatic rings. The van der Waals surface area contributed by atoms with Crippen LogP contribution >= 0.6 is 0 Å². The van der Waals surface area contributed by atoms with Gasteiger partial charge in [-0.1, -0.05) is 31.2 Å². The van der Waals surface area contributed by atoms with Gasteiger partial charge in [0.1, 0.15) is 16.9 Å². The first kappa shape index (κ1) is 24.3. The molecule has 1 saturated heterocycles. The maximum atomic E-state index is 13.1. The van der Waals surface area contributed by atoms with Crippen LogP contribution < -0.4 is 15.2 Å². The summed E-state index contributed by atoms with van der Waals surface area (Å²) in [6.45, 7) is 8.90. The molecule has 0 saturated carbocycles. The van der Waals surface area contributed by atoms with E-state index in [1.54, 1.807) is 35.2 Å². The molecule has 0 spiro atoms. The highest BCUT2D eigenvalue weighted by atomic mass is 16.6. The molecule has 8 nitrogen and oxygen atoms in total. The second-order valence-electron chi connectivity index (χ2n) is 9.59. The lowest BCUT2D eigenvalue weighted by molar-refractivity contribution is -0.117. The highest BCUT2D eigenvalue weighted by Gasteiger charge is 2.35. The Morgan fingerprint density at radius 2 is 1.83 bits per heavy atom. The number of carbonyl (C=O) groups excluding carboxylic acids is 3. The van der Waals surface area contributed by atoms with Crippen LogP contribution in [-0.2, 0) is 27.3 Å². The van der Waals surface area contributed by atoms with Crippen molar-refractivity contribution < 1.29 is 23.9 Å². The molecule has 2 aliphatic rings. The Morgan fingerprint density at radius 1 is 1.09 bits per heavy atom. The van der Waals surface area contributed by atoms with E-state index in [0.29, 0.717) is 37.4 Å². The zero-order chi connectivity index (χ0) is 25.2. The molecule has 3 amide bonds. The molecule has 2 aliphatic heterocycles. The number of para-hydroxylation sites is 1. The van der Waals surface area contributed by atoms with Crippen molar-refractivity contribution in [2.24, 2.45) is 0 Å². The minimum Gasteiger partial charge on any atom is -0.493 e. The number of hydrogen-bond acceptors (Lipinski definition) is 5. The summed E-state index contributed by atoms with van der Waals surface area (Å²) in [5.41, 5.74) is 5.17. The normalized spacial score (nSPS) is 16.9. The molecule has 8 heteroatoms. The van der Waals surface area contributed by atoms with Crippen LogP contribution in [0, 0.1) is 0 Å². The van der Waals surface area contributed by atoms with Crippen LogP contribution in [0.2, 0.25) is 0 Å². The van der Waals surface area contributed by atoms with Crippen LogP contribution in [0.3, 0.4) is 0 Å². The number of hydrogen-bond donors (Lipinski definition) is 1. The molecule has 4 rings (SSSR count). The molecule has 0 aromatic heterocycles. The van der Waals surface area contributed by atoms with E-state index in [2.05, 4.69) is 5.43 Å². The van der Waals surface area contributed by atoms with E-state index in [1.807, 2.05) is 45.9 Å². The fraction of sp³-hybridized carbons (Fsp3) is 0.370. The van der Waals surface area contributed by atoms with Gasteiger partial charge in [-0.05, 0) is 69.0 Å². The summed E-state index contributed by atoms with van der Waals surface area (Å²) in [7, 11) is 0. The van der Waals surface area contributed by atoms with Gasteiger partial charge in [-0.2, -0.15) is 0 Å². The zero-order valence-electron chi connectivity index (χ0n) is 20.6. The van der Waals surface area contributed by atoms with Gasteiger partial charge >= 0.3 is 6.09 Å². The zero-order valence-corrected chi connectivity index (χ0v) is 20.6. The molecule has 0 aliphatic carbocycles.